The normalized spacial score (nSPS) is 27.0. The van der Waals surface area contributed by atoms with Crippen molar-refractivity contribution in [2.75, 3.05) is 13.1 Å². The number of aromatic nitrogens is 1. The van der Waals surface area contributed by atoms with Crippen LogP contribution in [0.3, 0.4) is 0 Å². The molecule has 98 valence electrons. The average Bonchev–Trinajstić information content (AvgIpc) is 2.44. The number of hydrogen-bond donors (Lipinski definition) is 1. The van der Waals surface area contributed by atoms with Crippen LogP contribution in [0.2, 0.25) is 0 Å². The van der Waals surface area contributed by atoms with Crippen LogP contribution in [0.25, 0.3) is 0 Å². The lowest BCUT2D eigenvalue weighted by molar-refractivity contribution is -0.0149. The van der Waals surface area contributed by atoms with E-state index >= 15 is 0 Å². The van der Waals surface area contributed by atoms with Gasteiger partial charge in [0, 0.05) is 17.8 Å². The summed E-state index contributed by atoms with van der Waals surface area (Å²) in [4.78, 5) is 4.05. The fourth-order valence-corrected chi connectivity index (χ4v) is 3.54. The summed E-state index contributed by atoms with van der Waals surface area (Å²) in [6, 6.07) is 3.95. The van der Waals surface area contributed by atoms with Crippen LogP contribution in [0, 0.1) is 5.41 Å². The van der Waals surface area contributed by atoms with Gasteiger partial charge in [-0.25, -0.2) is 0 Å². The van der Waals surface area contributed by atoms with Gasteiger partial charge in [-0.2, -0.15) is 0 Å². The Morgan fingerprint density at radius 1 is 1.11 bits per heavy atom. The van der Waals surface area contributed by atoms with Crippen LogP contribution in [0.1, 0.15) is 38.5 Å². The molecule has 1 saturated heterocycles. The highest BCUT2D eigenvalue weighted by Gasteiger charge is 2.42. The molecule has 18 heavy (non-hydrogen) atoms. The van der Waals surface area contributed by atoms with E-state index < -0.39 is 0 Å². The smallest absolute Gasteiger partial charge is 0.122 e. The second-order valence-corrected chi connectivity index (χ2v) is 5.65. The molecule has 1 aliphatic heterocycles. The van der Waals surface area contributed by atoms with Crippen LogP contribution in [0.15, 0.2) is 24.5 Å². The van der Waals surface area contributed by atoms with Crippen LogP contribution >= 0.6 is 0 Å². The quantitative estimate of drug-likeness (QED) is 0.871. The fourth-order valence-electron chi connectivity index (χ4n) is 3.54. The number of ether oxygens (including phenoxy) is 1. The Morgan fingerprint density at radius 2 is 1.89 bits per heavy atom. The van der Waals surface area contributed by atoms with Crippen molar-refractivity contribution in [1.82, 2.24) is 10.3 Å². The van der Waals surface area contributed by atoms with Crippen LogP contribution in [-0.4, -0.2) is 24.2 Å². The first-order valence-corrected chi connectivity index (χ1v) is 7.16. The van der Waals surface area contributed by atoms with Gasteiger partial charge in [0.15, 0.2) is 0 Å². The van der Waals surface area contributed by atoms with Crippen molar-refractivity contribution >= 4 is 0 Å². The van der Waals surface area contributed by atoms with E-state index in [9.17, 15) is 0 Å². The predicted octanol–water partition coefficient (Wildman–Crippen LogP) is 2.77. The maximum atomic E-state index is 6.28. The van der Waals surface area contributed by atoms with Gasteiger partial charge in [0.2, 0.25) is 0 Å². The zero-order chi connectivity index (χ0) is 12.3. The molecule has 0 aromatic carbocycles. The molecule has 3 rings (SSSR count). The SMILES string of the molecule is c1cc(OC2CCCCC23CCNCC3)ccn1. The number of piperidine rings is 1. The van der Waals surface area contributed by atoms with Crippen molar-refractivity contribution in [3.63, 3.8) is 0 Å². The van der Waals surface area contributed by atoms with E-state index in [0.717, 1.165) is 18.8 Å². The molecular formula is C15H22N2O. The molecule has 2 fully saturated rings. The van der Waals surface area contributed by atoms with Crippen molar-refractivity contribution in [2.24, 2.45) is 5.41 Å². The minimum atomic E-state index is 0.399. The van der Waals surface area contributed by atoms with Gasteiger partial charge in [-0.1, -0.05) is 6.42 Å². The second kappa shape index (κ2) is 5.27. The zero-order valence-corrected chi connectivity index (χ0v) is 10.9. The molecule has 2 aliphatic rings. The first-order valence-electron chi connectivity index (χ1n) is 7.16. The Hall–Kier alpha value is -1.09. The van der Waals surface area contributed by atoms with E-state index in [1.807, 2.05) is 24.5 Å². The van der Waals surface area contributed by atoms with Crippen molar-refractivity contribution < 1.29 is 4.74 Å². The van der Waals surface area contributed by atoms with Gasteiger partial charge in [-0.15, -0.1) is 0 Å². The summed E-state index contributed by atoms with van der Waals surface area (Å²) in [7, 11) is 0. The van der Waals surface area contributed by atoms with Crippen LogP contribution < -0.4 is 10.1 Å². The predicted molar refractivity (Wildman–Crippen MR) is 71.7 cm³/mol. The summed E-state index contributed by atoms with van der Waals surface area (Å²) >= 11 is 0. The number of nitrogens with zero attached hydrogens (tertiary/aromatic N) is 1. The van der Waals surface area contributed by atoms with Gasteiger partial charge in [0.25, 0.3) is 0 Å². The van der Waals surface area contributed by atoms with E-state index in [-0.39, 0.29) is 0 Å². The second-order valence-electron chi connectivity index (χ2n) is 5.65. The number of rotatable bonds is 2. The van der Waals surface area contributed by atoms with E-state index in [0.29, 0.717) is 11.5 Å². The minimum absolute atomic E-state index is 0.399. The van der Waals surface area contributed by atoms with Crippen LogP contribution in [0.5, 0.6) is 5.75 Å². The van der Waals surface area contributed by atoms with Gasteiger partial charge in [-0.3, -0.25) is 4.98 Å². The summed E-state index contributed by atoms with van der Waals surface area (Å²) in [5.74, 6) is 0.981. The number of hydrogen-bond acceptors (Lipinski definition) is 3. The summed E-state index contributed by atoms with van der Waals surface area (Å²) < 4.78 is 6.28. The lowest BCUT2D eigenvalue weighted by Crippen LogP contribution is -2.48. The van der Waals surface area contributed by atoms with Gasteiger partial charge < -0.3 is 10.1 Å². The third-order valence-corrected chi connectivity index (χ3v) is 4.60. The molecule has 3 nitrogen and oxygen atoms in total. The minimum Gasteiger partial charge on any atom is -0.490 e. The average molecular weight is 246 g/mol. The summed E-state index contributed by atoms with van der Waals surface area (Å²) in [6.07, 6.45) is 11.8. The molecule has 1 atom stereocenters. The molecule has 3 heteroatoms. The Labute approximate surface area is 109 Å². The van der Waals surface area contributed by atoms with Crippen LogP contribution in [-0.2, 0) is 0 Å². The highest BCUT2D eigenvalue weighted by atomic mass is 16.5. The van der Waals surface area contributed by atoms with Gasteiger partial charge in [-0.05, 0) is 57.3 Å². The summed E-state index contributed by atoms with van der Waals surface area (Å²) in [6.45, 7) is 2.30. The van der Waals surface area contributed by atoms with Gasteiger partial charge >= 0.3 is 0 Å². The molecule has 1 unspecified atom stereocenters. The molecule has 1 aromatic rings. The Morgan fingerprint density at radius 3 is 2.67 bits per heavy atom. The fraction of sp³-hybridized carbons (Fsp3) is 0.667. The number of pyridine rings is 1. The van der Waals surface area contributed by atoms with E-state index in [1.54, 1.807) is 0 Å². The molecule has 1 aromatic heterocycles. The first-order chi connectivity index (χ1) is 8.89. The Bertz CT molecular complexity index is 365. The maximum absolute atomic E-state index is 6.28. The van der Waals surface area contributed by atoms with Crippen molar-refractivity contribution in [2.45, 2.75) is 44.6 Å². The van der Waals surface area contributed by atoms with Crippen LogP contribution in [0.4, 0.5) is 0 Å². The zero-order valence-electron chi connectivity index (χ0n) is 10.9. The Kier molecular flexibility index (Phi) is 3.50. The van der Waals surface area contributed by atoms with E-state index in [1.165, 1.54) is 38.5 Å². The Balaban J connectivity index is 1.75. The lowest BCUT2D eigenvalue weighted by Gasteiger charge is -2.46. The topological polar surface area (TPSA) is 34.1 Å². The van der Waals surface area contributed by atoms with Gasteiger partial charge in [0.05, 0.1) is 0 Å². The van der Waals surface area contributed by atoms with Crippen molar-refractivity contribution in [3.8, 4) is 5.75 Å². The summed E-state index contributed by atoms with van der Waals surface area (Å²) in [5, 5.41) is 3.48. The highest BCUT2D eigenvalue weighted by Crippen LogP contribution is 2.45. The third-order valence-electron chi connectivity index (χ3n) is 4.60. The highest BCUT2D eigenvalue weighted by molar-refractivity contribution is 5.18. The molecule has 1 spiro atoms. The van der Waals surface area contributed by atoms with Crippen molar-refractivity contribution in [1.29, 1.82) is 0 Å². The lowest BCUT2D eigenvalue weighted by atomic mass is 9.66. The first kappa shape index (κ1) is 12.0. The summed E-state index contributed by atoms with van der Waals surface area (Å²) in [5.41, 5.74) is 0.423. The largest absolute Gasteiger partial charge is 0.490 e. The molecule has 0 radical (unpaired) electrons. The maximum Gasteiger partial charge on any atom is 0.122 e. The molecule has 2 heterocycles. The molecule has 1 aliphatic carbocycles. The standard InChI is InChI=1S/C15H22N2O/c1-2-6-15(7-11-17-12-8-15)14(3-1)18-13-4-9-16-10-5-13/h4-5,9-10,14,17H,1-3,6-8,11-12H2. The molecule has 1 saturated carbocycles. The monoisotopic (exact) mass is 246 g/mol. The third kappa shape index (κ3) is 2.37. The molecule has 1 N–H and O–H groups in total. The van der Waals surface area contributed by atoms with E-state index in [4.69, 9.17) is 4.74 Å². The molecule has 0 amide bonds. The van der Waals surface area contributed by atoms with Gasteiger partial charge in [0.1, 0.15) is 11.9 Å². The van der Waals surface area contributed by atoms with E-state index in [2.05, 4.69) is 10.3 Å². The molecule has 0 bridgehead atoms. The number of nitrogens with one attached hydrogen (secondary N) is 1. The molecular weight excluding hydrogens is 224 g/mol. The van der Waals surface area contributed by atoms with Crippen molar-refractivity contribution in [3.05, 3.63) is 24.5 Å².